The van der Waals surface area contributed by atoms with Crippen LogP contribution in [0.25, 0.3) is 0 Å². The van der Waals surface area contributed by atoms with E-state index in [2.05, 4.69) is 94.4 Å². The first kappa shape index (κ1) is 17.7. The van der Waals surface area contributed by atoms with Crippen LogP contribution < -0.4 is 0 Å². The molecule has 0 nitrogen and oxygen atoms in total. The molecule has 25 heavy (non-hydrogen) atoms. The molecule has 0 saturated carbocycles. The minimum atomic E-state index is 0.0155. The monoisotopic (exact) mass is 330 g/mol. The topological polar surface area (TPSA) is 0 Å². The summed E-state index contributed by atoms with van der Waals surface area (Å²) in [7, 11) is 0. The summed E-state index contributed by atoms with van der Waals surface area (Å²) in [4.78, 5) is 0. The summed E-state index contributed by atoms with van der Waals surface area (Å²) >= 11 is 0. The number of hydrogen-bond acceptors (Lipinski definition) is 0. The van der Waals surface area contributed by atoms with Crippen molar-refractivity contribution in [3.05, 3.63) is 94.6 Å². The Morgan fingerprint density at radius 2 is 1.32 bits per heavy atom. The van der Waals surface area contributed by atoms with Crippen LogP contribution in [0.3, 0.4) is 0 Å². The number of benzene rings is 2. The summed E-state index contributed by atoms with van der Waals surface area (Å²) in [5, 5.41) is 0. The van der Waals surface area contributed by atoms with Crippen molar-refractivity contribution < 1.29 is 0 Å². The summed E-state index contributed by atoms with van der Waals surface area (Å²) in [6.07, 6.45) is 6.15. The number of unbranched alkanes of at least 4 members (excludes halogenated alkanes) is 1. The Morgan fingerprint density at radius 1 is 0.800 bits per heavy atom. The molecule has 0 spiro atoms. The average Bonchev–Trinajstić information content (AvgIpc) is 2.92. The van der Waals surface area contributed by atoms with Gasteiger partial charge in [0.1, 0.15) is 0 Å². The van der Waals surface area contributed by atoms with Crippen molar-refractivity contribution in [1.82, 2.24) is 0 Å². The maximum atomic E-state index is 2.51. The van der Waals surface area contributed by atoms with Gasteiger partial charge in [-0.05, 0) is 43.9 Å². The maximum Gasteiger partial charge on any atom is 0.0303 e. The van der Waals surface area contributed by atoms with E-state index in [0.717, 1.165) is 0 Å². The van der Waals surface area contributed by atoms with Crippen LogP contribution >= 0.6 is 0 Å². The van der Waals surface area contributed by atoms with E-state index in [0.29, 0.717) is 5.92 Å². The zero-order chi connectivity index (χ0) is 17.9. The summed E-state index contributed by atoms with van der Waals surface area (Å²) in [5.41, 5.74) is 7.34. The van der Waals surface area contributed by atoms with Gasteiger partial charge in [0.15, 0.2) is 0 Å². The first-order valence-electron chi connectivity index (χ1n) is 9.58. The number of allylic oxidation sites excluding steroid dienone is 4. The summed E-state index contributed by atoms with van der Waals surface area (Å²) in [6.45, 7) is 9.17. The standard InChI is InChI=1S/C25H30/c1-5-6-17-25(22-13-9-7-10-14-22,23-15-11-8-12-16-23)24-18-19(2)20(3)21(24)4/h7-16,18,24H,5-6,17H2,1-4H3. The largest absolute Gasteiger partial charge is 0.0729 e. The van der Waals surface area contributed by atoms with Crippen LogP contribution in [0.4, 0.5) is 0 Å². The fourth-order valence-corrected chi connectivity index (χ4v) is 4.45. The van der Waals surface area contributed by atoms with E-state index in [1.54, 1.807) is 0 Å². The van der Waals surface area contributed by atoms with Gasteiger partial charge in [-0.25, -0.2) is 0 Å². The maximum absolute atomic E-state index is 2.51. The molecular formula is C25H30. The van der Waals surface area contributed by atoms with Gasteiger partial charge in [0, 0.05) is 11.3 Å². The van der Waals surface area contributed by atoms with Gasteiger partial charge in [-0.15, -0.1) is 0 Å². The van der Waals surface area contributed by atoms with Gasteiger partial charge in [0.05, 0.1) is 0 Å². The highest BCUT2D eigenvalue weighted by atomic mass is 14.5. The summed E-state index contributed by atoms with van der Waals surface area (Å²) in [5.74, 6) is 0.434. The molecule has 1 aliphatic carbocycles. The first-order chi connectivity index (χ1) is 12.1. The van der Waals surface area contributed by atoms with Crippen molar-refractivity contribution in [3.63, 3.8) is 0 Å². The Balaban J connectivity index is 2.26. The third-order valence-electron chi connectivity index (χ3n) is 6.10. The normalized spacial score (nSPS) is 17.8. The zero-order valence-corrected chi connectivity index (χ0v) is 16.0. The minimum Gasteiger partial charge on any atom is -0.0729 e. The predicted molar refractivity (Wildman–Crippen MR) is 109 cm³/mol. The number of rotatable bonds is 6. The van der Waals surface area contributed by atoms with Gasteiger partial charge < -0.3 is 0 Å². The molecule has 0 N–H and O–H groups in total. The van der Waals surface area contributed by atoms with Crippen molar-refractivity contribution in [2.75, 3.05) is 0 Å². The minimum absolute atomic E-state index is 0.0155. The molecule has 1 atom stereocenters. The highest BCUT2D eigenvalue weighted by Gasteiger charge is 2.43. The van der Waals surface area contributed by atoms with Gasteiger partial charge in [-0.2, -0.15) is 0 Å². The third-order valence-corrected chi connectivity index (χ3v) is 6.10. The molecule has 0 heterocycles. The molecule has 3 rings (SSSR count). The van der Waals surface area contributed by atoms with E-state index >= 15 is 0 Å². The first-order valence-corrected chi connectivity index (χ1v) is 9.58. The van der Waals surface area contributed by atoms with E-state index in [-0.39, 0.29) is 5.41 Å². The molecule has 1 unspecified atom stereocenters. The van der Waals surface area contributed by atoms with Gasteiger partial charge in [-0.3, -0.25) is 0 Å². The van der Waals surface area contributed by atoms with Crippen LogP contribution in [-0.4, -0.2) is 0 Å². The van der Waals surface area contributed by atoms with Crippen molar-refractivity contribution in [2.24, 2.45) is 5.92 Å². The Kier molecular flexibility index (Phi) is 5.27. The molecule has 0 aliphatic heterocycles. The predicted octanol–water partition coefficient (Wildman–Crippen LogP) is 7.08. The molecule has 0 aromatic heterocycles. The molecule has 0 saturated heterocycles. The molecule has 2 aromatic carbocycles. The van der Waals surface area contributed by atoms with Crippen LogP contribution in [0.2, 0.25) is 0 Å². The van der Waals surface area contributed by atoms with Crippen molar-refractivity contribution in [1.29, 1.82) is 0 Å². The second kappa shape index (κ2) is 7.44. The Morgan fingerprint density at radius 3 is 1.72 bits per heavy atom. The summed E-state index contributed by atoms with van der Waals surface area (Å²) < 4.78 is 0. The van der Waals surface area contributed by atoms with Crippen LogP contribution in [0.1, 0.15) is 58.1 Å². The molecule has 2 aromatic rings. The lowest BCUT2D eigenvalue weighted by atomic mass is 9.61. The second-order valence-corrected chi connectivity index (χ2v) is 7.44. The zero-order valence-electron chi connectivity index (χ0n) is 16.0. The Bertz CT molecular complexity index is 723. The van der Waals surface area contributed by atoms with Gasteiger partial charge in [0.2, 0.25) is 0 Å². The van der Waals surface area contributed by atoms with Gasteiger partial charge in [0.25, 0.3) is 0 Å². The molecule has 0 radical (unpaired) electrons. The van der Waals surface area contributed by atoms with Crippen LogP contribution in [-0.2, 0) is 5.41 Å². The molecule has 1 aliphatic rings. The smallest absolute Gasteiger partial charge is 0.0303 e. The van der Waals surface area contributed by atoms with Gasteiger partial charge in [-0.1, -0.05) is 97.7 Å². The lowest BCUT2D eigenvalue weighted by molar-refractivity contribution is 0.381. The molecule has 0 amide bonds. The SMILES string of the molecule is CCCCC(c1ccccc1)(c1ccccc1)C1C=C(C)C(C)=C1C. The molecule has 130 valence electrons. The summed E-state index contributed by atoms with van der Waals surface area (Å²) in [6, 6.07) is 22.3. The van der Waals surface area contributed by atoms with Crippen molar-refractivity contribution in [3.8, 4) is 0 Å². The fourth-order valence-electron chi connectivity index (χ4n) is 4.45. The molecular weight excluding hydrogens is 300 g/mol. The van der Waals surface area contributed by atoms with Crippen molar-refractivity contribution in [2.45, 2.75) is 52.4 Å². The van der Waals surface area contributed by atoms with E-state index in [9.17, 15) is 0 Å². The molecule has 0 bridgehead atoms. The van der Waals surface area contributed by atoms with Crippen LogP contribution in [0.5, 0.6) is 0 Å². The second-order valence-electron chi connectivity index (χ2n) is 7.44. The Hall–Kier alpha value is -2.08. The highest BCUT2D eigenvalue weighted by molar-refractivity contribution is 5.51. The van der Waals surface area contributed by atoms with Crippen LogP contribution in [0, 0.1) is 5.92 Å². The average molecular weight is 331 g/mol. The highest BCUT2D eigenvalue weighted by Crippen LogP contribution is 2.50. The third kappa shape index (κ3) is 3.11. The molecule has 0 heteroatoms. The van der Waals surface area contributed by atoms with Crippen LogP contribution in [0.15, 0.2) is 83.5 Å². The van der Waals surface area contributed by atoms with Gasteiger partial charge >= 0.3 is 0 Å². The lowest BCUT2D eigenvalue weighted by Crippen LogP contribution is -2.36. The number of hydrogen-bond donors (Lipinski definition) is 0. The van der Waals surface area contributed by atoms with Crippen molar-refractivity contribution >= 4 is 0 Å². The Labute approximate surface area is 153 Å². The van der Waals surface area contributed by atoms with E-state index in [1.807, 2.05) is 0 Å². The quantitative estimate of drug-likeness (QED) is 0.531. The fraction of sp³-hybridized carbons (Fsp3) is 0.360. The van der Waals surface area contributed by atoms with E-state index in [4.69, 9.17) is 0 Å². The van der Waals surface area contributed by atoms with E-state index < -0.39 is 0 Å². The molecule has 0 fully saturated rings. The van der Waals surface area contributed by atoms with E-state index in [1.165, 1.54) is 47.1 Å². The lowest BCUT2D eigenvalue weighted by Gasteiger charge is -2.41.